The zero-order valence-corrected chi connectivity index (χ0v) is 17.9. The Morgan fingerprint density at radius 2 is 1.94 bits per heavy atom. The average molecular weight is 424 g/mol. The van der Waals surface area contributed by atoms with Gasteiger partial charge >= 0.3 is 0 Å². The van der Waals surface area contributed by atoms with Crippen molar-refractivity contribution >= 4 is 16.6 Å². The Bertz CT molecular complexity index is 1330. The highest BCUT2D eigenvalue weighted by Crippen LogP contribution is 2.34. The lowest BCUT2D eigenvalue weighted by atomic mass is 9.98. The van der Waals surface area contributed by atoms with E-state index >= 15 is 0 Å². The summed E-state index contributed by atoms with van der Waals surface area (Å²) in [4.78, 5) is 4.76. The van der Waals surface area contributed by atoms with E-state index in [2.05, 4.69) is 45.8 Å². The van der Waals surface area contributed by atoms with Crippen LogP contribution in [0, 0.1) is 6.92 Å². The summed E-state index contributed by atoms with van der Waals surface area (Å²) in [6.07, 6.45) is 6.05. The van der Waals surface area contributed by atoms with Gasteiger partial charge in [-0.15, -0.1) is 0 Å². The SMILES string of the molecule is Cc1[nH]nc2ccc(-c3cc(NC[C@@H](N)Cc4ccccc4)cnc3-c3ccoc3)cc12. The van der Waals surface area contributed by atoms with Gasteiger partial charge in [0.2, 0.25) is 0 Å². The van der Waals surface area contributed by atoms with Crippen LogP contribution >= 0.6 is 0 Å². The molecule has 1 atom stereocenters. The molecule has 0 aliphatic heterocycles. The second-order valence-electron chi connectivity index (χ2n) is 8.04. The van der Waals surface area contributed by atoms with E-state index in [-0.39, 0.29) is 6.04 Å². The Labute approximate surface area is 186 Å². The number of fused-ring (bicyclic) bond motifs is 1. The zero-order chi connectivity index (χ0) is 21.9. The van der Waals surface area contributed by atoms with Crippen LogP contribution in [0.25, 0.3) is 33.3 Å². The Hall–Kier alpha value is -3.90. The van der Waals surface area contributed by atoms with Crippen LogP contribution in [0.15, 0.2) is 83.8 Å². The van der Waals surface area contributed by atoms with Gasteiger partial charge in [-0.25, -0.2) is 0 Å². The first-order valence-electron chi connectivity index (χ1n) is 10.7. The van der Waals surface area contributed by atoms with Crippen LogP contribution in [0.1, 0.15) is 11.3 Å². The van der Waals surface area contributed by atoms with E-state index in [9.17, 15) is 0 Å². The minimum atomic E-state index is -0.000620. The monoisotopic (exact) mass is 423 g/mol. The van der Waals surface area contributed by atoms with Gasteiger partial charge in [0.05, 0.1) is 35.6 Å². The smallest absolute Gasteiger partial charge is 0.0996 e. The summed E-state index contributed by atoms with van der Waals surface area (Å²) in [5, 5.41) is 12.0. The second-order valence-corrected chi connectivity index (χ2v) is 8.04. The van der Waals surface area contributed by atoms with Gasteiger partial charge in [0.25, 0.3) is 0 Å². The standard InChI is InChI=1S/C26H25N5O/c1-17-23-12-19(7-8-25(23)31-30-17)24-13-22(15-29-26(24)20-9-10-32-16-20)28-14-21(27)11-18-5-3-2-4-6-18/h2-10,12-13,15-16,21,28H,11,14,27H2,1H3,(H,30,31)/t21-/m0/s1. The number of hydrogen-bond acceptors (Lipinski definition) is 5. The summed E-state index contributed by atoms with van der Waals surface area (Å²) >= 11 is 0. The van der Waals surface area contributed by atoms with Crippen LogP contribution in [0.2, 0.25) is 0 Å². The predicted octanol–water partition coefficient (Wildman–Crippen LogP) is 5.18. The van der Waals surface area contributed by atoms with Gasteiger partial charge in [-0.3, -0.25) is 10.1 Å². The number of pyridine rings is 1. The molecule has 0 radical (unpaired) electrons. The minimum Gasteiger partial charge on any atom is -0.472 e. The number of nitrogens with one attached hydrogen (secondary N) is 2. The first-order chi connectivity index (χ1) is 15.7. The van der Waals surface area contributed by atoms with Crippen molar-refractivity contribution in [3.8, 4) is 22.4 Å². The van der Waals surface area contributed by atoms with Gasteiger partial charge in [0, 0.05) is 34.8 Å². The molecule has 0 bridgehead atoms. The molecule has 0 fully saturated rings. The maximum Gasteiger partial charge on any atom is 0.0996 e. The molecule has 0 saturated heterocycles. The molecule has 4 N–H and O–H groups in total. The van der Waals surface area contributed by atoms with Crippen LogP contribution in [0.4, 0.5) is 5.69 Å². The fourth-order valence-electron chi connectivity index (χ4n) is 3.95. The molecular formula is C26H25N5O. The van der Waals surface area contributed by atoms with E-state index in [4.69, 9.17) is 15.1 Å². The van der Waals surface area contributed by atoms with Gasteiger partial charge in [-0.2, -0.15) is 5.10 Å². The molecular weight excluding hydrogens is 398 g/mol. The van der Waals surface area contributed by atoms with E-state index in [1.165, 1.54) is 5.56 Å². The third kappa shape index (κ3) is 4.13. The summed E-state index contributed by atoms with van der Waals surface area (Å²) in [7, 11) is 0. The molecule has 0 aliphatic rings. The van der Waals surface area contributed by atoms with E-state index in [0.29, 0.717) is 6.54 Å². The summed E-state index contributed by atoms with van der Waals surface area (Å²) in [5.74, 6) is 0. The lowest BCUT2D eigenvalue weighted by Gasteiger charge is -2.16. The lowest BCUT2D eigenvalue weighted by molar-refractivity contribution is 0.568. The second kappa shape index (κ2) is 8.69. The van der Waals surface area contributed by atoms with Gasteiger partial charge in [0.15, 0.2) is 0 Å². The molecule has 160 valence electrons. The summed E-state index contributed by atoms with van der Waals surface area (Å²) < 4.78 is 5.32. The number of nitrogens with zero attached hydrogens (tertiary/aromatic N) is 2. The lowest BCUT2D eigenvalue weighted by Crippen LogP contribution is -2.31. The Morgan fingerprint density at radius 3 is 2.75 bits per heavy atom. The quantitative estimate of drug-likeness (QED) is 0.336. The van der Waals surface area contributed by atoms with Crippen molar-refractivity contribution in [3.63, 3.8) is 0 Å². The summed E-state index contributed by atoms with van der Waals surface area (Å²) in [6, 6.07) is 20.6. The van der Waals surface area contributed by atoms with Gasteiger partial charge in [0.1, 0.15) is 0 Å². The fourth-order valence-corrected chi connectivity index (χ4v) is 3.95. The van der Waals surface area contributed by atoms with Crippen molar-refractivity contribution in [3.05, 3.63) is 90.6 Å². The van der Waals surface area contributed by atoms with Gasteiger partial charge in [-0.05, 0) is 48.7 Å². The van der Waals surface area contributed by atoms with Gasteiger partial charge < -0.3 is 15.5 Å². The van der Waals surface area contributed by atoms with Crippen LogP contribution < -0.4 is 11.1 Å². The highest BCUT2D eigenvalue weighted by molar-refractivity contribution is 5.90. The van der Waals surface area contributed by atoms with E-state index in [1.54, 1.807) is 12.5 Å². The molecule has 0 unspecified atom stereocenters. The van der Waals surface area contributed by atoms with Crippen molar-refractivity contribution in [1.29, 1.82) is 0 Å². The Balaban J connectivity index is 1.44. The molecule has 0 spiro atoms. The number of aryl methyl sites for hydroxylation is 1. The van der Waals surface area contributed by atoms with Crippen LogP contribution in [0.3, 0.4) is 0 Å². The first-order valence-corrected chi connectivity index (χ1v) is 10.7. The van der Waals surface area contributed by atoms with E-state index < -0.39 is 0 Å². The number of aromatic amines is 1. The maximum atomic E-state index is 6.37. The molecule has 3 heterocycles. The molecule has 0 aliphatic carbocycles. The zero-order valence-electron chi connectivity index (χ0n) is 17.9. The number of aromatic nitrogens is 3. The molecule has 0 saturated carbocycles. The van der Waals surface area contributed by atoms with Crippen LogP contribution in [-0.2, 0) is 6.42 Å². The number of hydrogen-bond donors (Lipinski definition) is 3. The molecule has 32 heavy (non-hydrogen) atoms. The van der Waals surface area contributed by atoms with Crippen LogP contribution in [-0.4, -0.2) is 27.8 Å². The highest BCUT2D eigenvalue weighted by Gasteiger charge is 2.14. The normalized spacial score (nSPS) is 12.2. The minimum absolute atomic E-state index is 0.000620. The topological polar surface area (TPSA) is 92.8 Å². The summed E-state index contributed by atoms with van der Waals surface area (Å²) in [6.45, 7) is 2.68. The molecule has 6 nitrogen and oxygen atoms in total. The summed E-state index contributed by atoms with van der Waals surface area (Å²) in [5.41, 5.74) is 14.4. The predicted molar refractivity (Wildman–Crippen MR) is 128 cm³/mol. The van der Waals surface area contributed by atoms with Crippen molar-refractivity contribution in [2.45, 2.75) is 19.4 Å². The number of nitrogens with two attached hydrogens (primary N) is 1. The van der Waals surface area contributed by atoms with E-state index in [1.807, 2.05) is 43.5 Å². The largest absolute Gasteiger partial charge is 0.472 e. The number of furan rings is 1. The molecule has 2 aromatic carbocycles. The van der Waals surface area contributed by atoms with Crippen molar-refractivity contribution in [2.75, 3.05) is 11.9 Å². The number of benzene rings is 2. The van der Waals surface area contributed by atoms with Crippen LogP contribution in [0.5, 0.6) is 0 Å². The molecule has 5 aromatic rings. The molecule has 0 amide bonds. The highest BCUT2D eigenvalue weighted by atomic mass is 16.3. The van der Waals surface area contributed by atoms with Gasteiger partial charge in [-0.1, -0.05) is 36.4 Å². The van der Waals surface area contributed by atoms with Crippen molar-refractivity contribution in [2.24, 2.45) is 5.73 Å². The number of rotatable bonds is 7. The van der Waals surface area contributed by atoms with Crippen molar-refractivity contribution in [1.82, 2.24) is 15.2 Å². The average Bonchev–Trinajstić information content (AvgIpc) is 3.48. The fraction of sp³-hybridized carbons (Fsp3) is 0.154. The van der Waals surface area contributed by atoms with Crippen molar-refractivity contribution < 1.29 is 4.42 Å². The molecule has 3 aromatic heterocycles. The van der Waals surface area contributed by atoms with E-state index in [0.717, 1.165) is 51.1 Å². The maximum absolute atomic E-state index is 6.37. The number of H-pyrrole nitrogens is 1. The molecule has 6 heteroatoms. The third-order valence-electron chi connectivity index (χ3n) is 5.65. The Kier molecular flexibility index (Phi) is 5.44. The number of anilines is 1. The first kappa shape index (κ1) is 20.0. The molecule has 5 rings (SSSR count). The third-order valence-corrected chi connectivity index (χ3v) is 5.65. The Morgan fingerprint density at radius 1 is 1.06 bits per heavy atom.